The van der Waals surface area contributed by atoms with E-state index in [2.05, 4.69) is 65.9 Å². The molecule has 2 aromatic heterocycles. The van der Waals surface area contributed by atoms with Gasteiger partial charge in [-0.15, -0.1) is 5.10 Å². The van der Waals surface area contributed by atoms with Crippen molar-refractivity contribution in [2.24, 2.45) is 0 Å². The molecule has 3 heterocycles. The van der Waals surface area contributed by atoms with Crippen LogP contribution in [0.25, 0.3) is 16.6 Å². The fourth-order valence-corrected chi connectivity index (χ4v) is 4.41. The summed E-state index contributed by atoms with van der Waals surface area (Å²) in [4.78, 5) is 1.50. The lowest BCUT2D eigenvalue weighted by Crippen LogP contribution is -3.11. The molecule has 1 aliphatic heterocycles. The molecule has 4 aromatic rings. The highest BCUT2D eigenvalue weighted by Gasteiger charge is 2.20. The zero-order valence-corrected chi connectivity index (χ0v) is 15.6. The molecule has 5 rings (SSSR count). The van der Waals surface area contributed by atoms with Crippen molar-refractivity contribution in [2.75, 3.05) is 6.54 Å². The Morgan fingerprint density at radius 2 is 1.85 bits per heavy atom. The van der Waals surface area contributed by atoms with E-state index in [9.17, 15) is 0 Å². The molecule has 1 unspecified atom stereocenters. The van der Waals surface area contributed by atoms with Crippen LogP contribution in [0.2, 0.25) is 0 Å². The van der Waals surface area contributed by atoms with Crippen molar-refractivity contribution in [3.63, 3.8) is 0 Å². The normalized spacial score (nSPS) is 16.9. The largest absolute Gasteiger partial charge is 0.312 e. The molecule has 5 heteroatoms. The van der Waals surface area contributed by atoms with E-state index in [4.69, 9.17) is 17.3 Å². The number of hydrogen-bond acceptors (Lipinski definition) is 2. The number of para-hydroxylation sites is 1. The lowest BCUT2D eigenvalue weighted by atomic mass is 10.0. The van der Waals surface area contributed by atoms with Crippen molar-refractivity contribution in [3.05, 3.63) is 76.1 Å². The quantitative estimate of drug-likeness (QED) is 0.556. The van der Waals surface area contributed by atoms with E-state index in [0.717, 1.165) is 42.1 Å². The van der Waals surface area contributed by atoms with Crippen molar-refractivity contribution in [3.8, 4) is 0 Å². The first kappa shape index (κ1) is 15.7. The topological polar surface area (TPSA) is 26.7 Å². The number of nitrogens with zero attached hydrogens (tertiary/aromatic N) is 3. The van der Waals surface area contributed by atoms with E-state index in [1.54, 1.807) is 0 Å². The van der Waals surface area contributed by atoms with Gasteiger partial charge in [0.1, 0.15) is 6.54 Å². The van der Waals surface area contributed by atoms with Crippen LogP contribution in [0, 0.1) is 11.7 Å². The second kappa shape index (κ2) is 6.04. The minimum absolute atomic E-state index is 0.780. The van der Waals surface area contributed by atoms with E-state index in [-0.39, 0.29) is 0 Å². The Bertz CT molecular complexity index is 1190. The first-order chi connectivity index (χ1) is 12.7. The van der Waals surface area contributed by atoms with Gasteiger partial charge < -0.3 is 4.90 Å². The van der Waals surface area contributed by atoms with E-state index in [1.165, 1.54) is 27.0 Å². The number of quaternary nitrogens is 1. The Morgan fingerprint density at radius 3 is 2.73 bits per heavy atom. The fourth-order valence-electron chi connectivity index (χ4n) is 4.11. The summed E-state index contributed by atoms with van der Waals surface area (Å²) in [6.07, 6.45) is 1.12. The predicted octanol–water partition coefficient (Wildman–Crippen LogP) is 2.93. The van der Waals surface area contributed by atoms with Crippen LogP contribution in [0.5, 0.6) is 0 Å². The Kier molecular flexibility index (Phi) is 3.65. The summed E-state index contributed by atoms with van der Waals surface area (Å²) in [5.41, 5.74) is 6.24. The molecule has 0 fully saturated rings. The highest BCUT2D eigenvalue weighted by atomic mass is 32.1. The standard InChI is InChI=1S/C21H20N4S/c1-15-12-20-22-24(21(26)25(20)19-9-5-4-8-18(15)19)14-23-11-10-16-6-2-3-7-17(16)13-23/h2-9,12H,10-11,13-14H2,1H3/p+1. The Balaban J connectivity index is 1.55. The Morgan fingerprint density at radius 1 is 1.08 bits per heavy atom. The molecule has 4 nitrogen and oxygen atoms in total. The van der Waals surface area contributed by atoms with Gasteiger partial charge in [0.2, 0.25) is 4.77 Å². The van der Waals surface area contributed by atoms with Crippen molar-refractivity contribution in [1.82, 2.24) is 14.2 Å². The second-order valence-electron chi connectivity index (χ2n) is 7.17. The molecule has 2 aromatic carbocycles. The number of rotatable bonds is 2. The van der Waals surface area contributed by atoms with E-state index < -0.39 is 0 Å². The van der Waals surface area contributed by atoms with Gasteiger partial charge in [-0.05, 0) is 42.4 Å². The summed E-state index contributed by atoms with van der Waals surface area (Å²) in [5.74, 6) is 0. The average Bonchev–Trinajstić information content (AvgIpc) is 2.97. The first-order valence-electron chi connectivity index (χ1n) is 9.09. The average molecular weight is 361 g/mol. The van der Waals surface area contributed by atoms with Gasteiger partial charge >= 0.3 is 0 Å². The number of pyridine rings is 1. The van der Waals surface area contributed by atoms with Crippen LogP contribution in [0.15, 0.2) is 54.6 Å². The molecule has 0 amide bonds. The van der Waals surface area contributed by atoms with E-state index in [0.29, 0.717) is 0 Å². The highest BCUT2D eigenvalue weighted by molar-refractivity contribution is 7.71. The van der Waals surface area contributed by atoms with Crippen LogP contribution >= 0.6 is 12.2 Å². The van der Waals surface area contributed by atoms with Crippen LogP contribution in [-0.4, -0.2) is 20.7 Å². The van der Waals surface area contributed by atoms with Gasteiger partial charge in [0.15, 0.2) is 12.3 Å². The van der Waals surface area contributed by atoms with E-state index >= 15 is 0 Å². The summed E-state index contributed by atoms with van der Waals surface area (Å²) >= 11 is 5.79. The summed E-state index contributed by atoms with van der Waals surface area (Å²) in [6.45, 7) is 5.09. The van der Waals surface area contributed by atoms with E-state index in [1.807, 2.05) is 4.68 Å². The lowest BCUT2D eigenvalue weighted by molar-refractivity contribution is -0.939. The maximum atomic E-state index is 5.79. The molecule has 0 radical (unpaired) electrons. The number of hydrogen-bond donors (Lipinski definition) is 1. The molecule has 0 saturated carbocycles. The summed E-state index contributed by atoms with van der Waals surface area (Å²) < 4.78 is 4.89. The molecular weight excluding hydrogens is 340 g/mol. The molecule has 0 saturated heterocycles. The van der Waals surface area contributed by atoms with Gasteiger partial charge in [-0.2, -0.15) is 4.68 Å². The van der Waals surface area contributed by atoms with Crippen LogP contribution < -0.4 is 4.90 Å². The van der Waals surface area contributed by atoms with Gasteiger partial charge in [0, 0.05) is 17.4 Å². The zero-order chi connectivity index (χ0) is 17.7. The van der Waals surface area contributed by atoms with Crippen LogP contribution in [0.1, 0.15) is 16.7 Å². The molecular formula is C21H21N4S+. The third-order valence-corrected chi connectivity index (χ3v) is 5.85. The Hall–Kier alpha value is -2.50. The number of fused-ring (bicyclic) bond motifs is 4. The second-order valence-corrected chi connectivity index (χ2v) is 7.54. The third-order valence-electron chi connectivity index (χ3n) is 5.46. The zero-order valence-electron chi connectivity index (χ0n) is 14.8. The Labute approximate surface area is 157 Å². The maximum absolute atomic E-state index is 5.79. The van der Waals surface area contributed by atoms with Crippen molar-refractivity contribution in [1.29, 1.82) is 0 Å². The van der Waals surface area contributed by atoms with Crippen molar-refractivity contribution in [2.45, 2.75) is 26.6 Å². The van der Waals surface area contributed by atoms with Gasteiger partial charge in [-0.1, -0.05) is 42.5 Å². The molecule has 0 spiro atoms. The van der Waals surface area contributed by atoms with Crippen LogP contribution in [-0.2, 0) is 19.6 Å². The molecule has 26 heavy (non-hydrogen) atoms. The molecule has 0 bridgehead atoms. The SMILES string of the molecule is Cc1cc2nn(C[NH+]3CCc4ccccc4C3)c(=S)n2c2ccccc12. The first-order valence-corrected chi connectivity index (χ1v) is 9.50. The molecule has 1 N–H and O–H groups in total. The predicted molar refractivity (Wildman–Crippen MR) is 106 cm³/mol. The molecule has 0 aliphatic carbocycles. The van der Waals surface area contributed by atoms with Gasteiger partial charge in [-0.25, -0.2) is 0 Å². The van der Waals surface area contributed by atoms with Crippen molar-refractivity contribution >= 4 is 28.8 Å². The maximum Gasteiger partial charge on any atom is 0.207 e. The summed E-state index contributed by atoms with van der Waals surface area (Å²) in [7, 11) is 0. The highest BCUT2D eigenvalue weighted by Crippen LogP contribution is 2.21. The van der Waals surface area contributed by atoms with Crippen molar-refractivity contribution < 1.29 is 4.90 Å². The minimum atomic E-state index is 0.780. The van der Waals surface area contributed by atoms with Crippen LogP contribution in [0.3, 0.4) is 0 Å². The monoisotopic (exact) mass is 361 g/mol. The lowest BCUT2D eigenvalue weighted by Gasteiger charge is -2.25. The molecule has 130 valence electrons. The van der Waals surface area contributed by atoms with Gasteiger partial charge in [-0.3, -0.25) is 4.40 Å². The van der Waals surface area contributed by atoms with Gasteiger partial charge in [0.25, 0.3) is 0 Å². The number of aryl methyl sites for hydroxylation is 1. The third kappa shape index (κ3) is 2.47. The number of aromatic nitrogens is 3. The number of benzene rings is 2. The smallest absolute Gasteiger partial charge is 0.207 e. The minimum Gasteiger partial charge on any atom is -0.312 e. The summed E-state index contributed by atoms with van der Waals surface area (Å²) in [6, 6.07) is 19.3. The fraction of sp³-hybridized carbons (Fsp3) is 0.238. The molecule has 1 atom stereocenters. The number of nitrogens with one attached hydrogen (secondary N) is 1. The van der Waals surface area contributed by atoms with Crippen LogP contribution in [0.4, 0.5) is 0 Å². The molecule has 1 aliphatic rings. The van der Waals surface area contributed by atoms with Gasteiger partial charge in [0.05, 0.1) is 12.1 Å². The summed E-state index contributed by atoms with van der Waals surface area (Å²) in [5, 5.41) is 6.06.